The first kappa shape index (κ1) is 21.1. The van der Waals surface area contributed by atoms with Crippen LogP contribution < -0.4 is 10.6 Å². The minimum atomic E-state index is -0.156. The number of anilines is 1. The molecule has 2 aliphatic heterocycles. The van der Waals surface area contributed by atoms with Crippen LogP contribution in [0.5, 0.6) is 0 Å². The van der Waals surface area contributed by atoms with E-state index in [1.54, 1.807) is 11.0 Å². The lowest BCUT2D eigenvalue weighted by molar-refractivity contribution is 0.0903. The molecule has 4 rings (SSSR count). The number of benzene rings is 1. The zero-order valence-corrected chi connectivity index (χ0v) is 18.0. The second-order valence-corrected chi connectivity index (χ2v) is 8.23. The molecule has 31 heavy (non-hydrogen) atoms. The minimum absolute atomic E-state index is 0.113. The molecule has 0 aliphatic carbocycles. The summed E-state index contributed by atoms with van der Waals surface area (Å²) >= 11 is 0. The molecule has 0 radical (unpaired) electrons. The molecule has 0 bridgehead atoms. The number of carbonyl (C=O) groups is 1. The molecule has 8 nitrogen and oxygen atoms in total. The molecule has 2 amide bonds. The minimum Gasteiger partial charge on any atom is -0.381 e. The highest BCUT2D eigenvalue weighted by atomic mass is 16.5. The summed E-state index contributed by atoms with van der Waals surface area (Å²) in [5, 5.41) is 15.6. The Bertz CT molecular complexity index is 996. The normalized spacial score (nSPS) is 17.4. The number of urea groups is 1. The van der Waals surface area contributed by atoms with E-state index >= 15 is 0 Å². The number of amides is 2. The Kier molecular flexibility index (Phi) is 6.33. The van der Waals surface area contributed by atoms with Crippen LogP contribution in [0.25, 0.3) is 0 Å². The molecule has 2 aliphatic rings. The third-order valence-corrected chi connectivity index (χ3v) is 6.00. The third kappa shape index (κ3) is 4.94. The molecule has 2 N–H and O–H groups in total. The van der Waals surface area contributed by atoms with Crippen molar-refractivity contribution in [3.8, 4) is 6.07 Å². The molecular formula is C23H28N6O2. The number of rotatable bonds is 4. The quantitative estimate of drug-likeness (QED) is 0.788. The molecular weight excluding hydrogens is 392 g/mol. The van der Waals surface area contributed by atoms with E-state index in [1.165, 1.54) is 0 Å². The fourth-order valence-electron chi connectivity index (χ4n) is 4.01. The summed E-state index contributed by atoms with van der Waals surface area (Å²) in [4.78, 5) is 23.8. The van der Waals surface area contributed by atoms with Gasteiger partial charge in [0.05, 0.1) is 29.9 Å². The first-order valence-electron chi connectivity index (χ1n) is 10.8. The molecule has 0 saturated carbocycles. The summed E-state index contributed by atoms with van der Waals surface area (Å²) < 4.78 is 5.40. The monoisotopic (exact) mass is 420 g/mol. The SMILES string of the molecule is Cc1cc(C(C)NC(=O)N2CCc3cnc(NC4CCOCC4)nc3C2)ccc1C#N. The molecule has 2 aromatic rings. The van der Waals surface area contributed by atoms with Gasteiger partial charge in [0.2, 0.25) is 5.95 Å². The van der Waals surface area contributed by atoms with Gasteiger partial charge < -0.3 is 20.3 Å². The maximum Gasteiger partial charge on any atom is 0.318 e. The average Bonchev–Trinajstić information content (AvgIpc) is 2.79. The van der Waals surface area contributed by atoms with E-state index in [1.807, 2.05) is 32.2 Å². The van der Waals surface area contributed by atoms with Gasteiger partial charge in [0.15, 0.2) is 0 Å². The van der Waals surface area contributed by atoms with Crippen molar-refractivity contribution in [1.82, 2.24) is 20.2 Å². The largest absolute Gasteiger partial charge is 0.381 e. The first-order valence-corrected chi connectivity index (χ1v) is 10.8. The van der Waals surface area contributed by atoms with Crippen molar-refractivity contribution in [3.63, 3.8) is 0 Å². The van der Waals surface area contributed by atoms with Gasteiger partial charge in [-0.3, -0.25) is 0 Å². The van der Waals surface area contributed by atoms with Crippen LogP contribution in [0.15, 0.2) is 24.4 Å². The van der Waals surface area contributed by atoms with Gasteiger partial charge in [-0.25, -0.2) is 14.8 Å². The molecule has 1 unspecified atom stereocenters. The Hall–Kier alpha value is -3.18. The van der Waals surface area contributed by atoms with Crippen molar-refractivity contribution in [3.05, 3.63) is 52.3 Å². The second kappa shape index (κ2) is 9.31. The van der Waals surface area contributed by atoms with E-state index in [0.717, 1.165) is 54.9 Å². The maximum absolute atomic E-state index is 12.9. The Labute approximate surface area is 182 Å². The molecule has 1 saturated heterocycles. The molecule has 1 aromatic carbocycles. The summed E-state index contributed by atoms with van der Waals surface area (Å²) in [6, 6.07) is 7.88. The lowest BCUT2D eigenvalue weighted by Crippen LogP contribution is -2.44. The first-order chi connectivity index (χ1) is 15.0. The van der Waals surface area contributed by atoms with Gasteiger partial charge in [-0.05, 0) is 55.9 Å². The van der Waals surface area contributed by atoms with E-state index in [-0.39, 0.29) is 12.1 Å². The van der Waals surface area contributed by atoms with Crippen LogP contribution in [0, 0.1) is 18.3 Å². The number of nitrogens with zero attached hydrogens (tertiary/aromatic N) is 4. The molecule has 1 atom stereocenters. The van der Waals surface area contributed by atoms with Gasteiger partial charge in [-0.15, -0.1) is 0 Å². The van der Waals surface area contributed by atoms with Gasteiger partial charge in [-0.1, -0.05) is 12.1 Å². The van der Waals surface area contributed by atoms with Crippen LogP contribution in [-0.2, 0) is 17.7 Å². The topological polar surface area (TPSA) is 103 Å². The molecule has 1 aromatic heterocycles. The molecule has 1 fully saturated rings. The highest BCUT2D eigenvalue weighted by Crippen LogP contribution is 2.21. The van der Waals surface area contributed by atoms with Gasteiger partial charge in [-0.2, -0.15) is 5.26 Å². The number of fused-ring (bicyclic) bond motifs is 1. The van der Waals surface area contributed by atoms with Crippen LogP contribution in [0.3, 0.4) is 0 Å². The summed E-state index contributed by atoms with van der Waals surface area (Å²) in [5.41, 5.74) is 4.53. The van der Waals surface area contributed by atoms with Crippen LogP contribution >= 0.6 is 0 Å². The fourth-order valence-corrected chi connectivity index (χ4v) is 4.01. The fraction of sp³-hybridized carbons (Fsp3) is 0.478. The number of nitriles is 1. The van der Waals surface area contributed by atoms with Gasteiger partial charge in [0, 0.05) is 32.0 Å². The number of hydrogen-bond acceptors (Lipinski definition) is 6. The highest BCUT2D eigenvalue weighted by molar-refractivity contribution is 5.75. The van der Waals surface area contributed by atoms with Crippen molar-refractivity contribution < 1.29 is 9.53 Å². The number of aromatic nitrogens is 2. The molecule has 3 heterocycles. The number of hydrogen-bond donors (Lipinski definition) is 2. The average molecular weight is 421 g/mol. The zero-order chi connectivity index (χ0) is 21.8. The predicted octanol–water partition coefficient (Wildman–Crippen LogP) is 3.08. The molecule has 162 valence electrons. The van der Waals surface area contributed by atoms with Crippen molar-refractivity contribution in [2.45, 2.75) is 51.7 Å². The molecule has 0 spiro atoms. The van der Waals surface area contributed by atoms with Crippen LogP contribution in [-0.4, -0.2) is 46.7 Å². The van der Waals surface area contributed by atoms with Gasteiger partial charge in [0.25, 0.3) is 0 Å². The maximum atomic E-state index is 12.9. The standard InChI is InChI=1S/C23H28N6O2/c1-15-11-17(3-4-18(15)12-24)16(2)26-23(30)29-8-5-19-13-25-22(28-21(19)14-29)27-20-6-9-31-10-7-20/h3-4,11,13,16,20H,5-10,14H2,1-2H3,(H,26,30)(H,25,27,28). The van der Waals surface area contributed by atoms with Crippen molar-refractivity contribution in [2.75, 3.05) is 25.1 Å². The van der Waals surface area contributed by atoms with E-state index in [9.17, 15) is 4.79 Å². The van der Waals surface area contributed by atoms with Crippen LogP contribution in [0.4, 0.5) is 10.7 Å². The van der Waals surface area contributed by atoms with Gasteiger partial charge in [0.1, 0.15) is 0 Å². The Morgan fingerprint density at radius 1 is 1.35 bits per heavy atom. The Morgan fingerprint density at radius 2 is 2.16 bits per heavy atom. The number of aryl methyl sites for hydroxylation is 1. The van der Waals surface area contributed by atoms with Crippen molar-refractivity contribution in [1.29, 1.82) is 5.26 Å². The van der Waals surface area contributed by atoms with Crippen LogP contribution in [0.2, 0.25) is 0 Å². The molecule has 8 heteroatoms. The zero-order valence-electron chi connectivity index (χ0n) is 18.0. The predicted molar refractivity (Wildman–Crippen MR) is 116 cm³/mol. The Balaban J connectivity index is 1.39. The summed E-state index contributed by atoms with van der Waals surface area (Å²) in [6.45, 7) is 6.47. The smallest absolute Gasteiger partial charge is 0.318 e. The summed E-state index contributed by atoms with van der Waals surface area (Å²) in [6.07, 6.45) is 4.51. The third-order valence-electron chi connectivity index (χ3n) is 6.00. The van der Waals surface area contributed by atoms with Crippen molar-refractivity contribution >= 4 is 12.0 Å². The van der Waals surface area contributed by atoms with Crippen molar-refractivity contribution in [2.24, 2.45) is 0 Å². The number of carbonyl (C=O) groups excluding carboxylic acids is 1. The second-order valence-electron chi connectivity index (χ2n) is 8.23. The summed E-state index contributed by atoms with van der Waals surface area (Å²) in [5.74, 6) is 0.620. The number of nitrogens with one attached hydrogen (secondary N) is 2. The van der Waals surface area contributed by atoms with Crippen LogP contribution in [0.1, 0.15) is 53.8 Å². The van der Waals surface area contributed by atoms with Gasteiger partial charge >= 0.3 is 6.03 Å². The van der Waals surface area contributed by atoms with E-state index in [0.29, 0.717) is 30.6 Å². The Morgan fingerprint density at radius 3 is 2.90 bits per heavy atom. The summed E-state index contributed by atoms with van der Waals surface area (Å²) in [7, 11) is 0. The van der Waals surface area contributed by atoms with E-state index < -0.39 is 0 Å². The number of ether oxygens (including phenoxy) is 1. The lowest BCUT2D eigenvalue weighted by atomic mass is 10.0. The van der Waals surface area contributed by atoms with E-state index in [4.69, 9.17) is 15.0 Å². The lowest BCUT2D eigenvalue weighted by Gasteiger charge is -2.30. The van der Waals surface area contributed by atoms with E-state index in [2.05, 4.69) is 21.7 Å². The highest BCUT2D eigenvalue weighted by Gasteiger charge is 2.24.